The fraction of sp³-hybridized carbons (Fsp3) is 0.444. The fourth-order valence-corrected chi connectivity index (χ4v) is 1.20. The summed E-state index contributed by atoms with van der Waals surface area (Å²) >= 11 is 3.28. The lowest BCUT2D eigenvalue weighted by molar-refractivity contribution is 0.108. The zero-order valence-corrected chi connectivity index (χ0v) is 8.99. The summed E-state index contributed by atoms with van der Waals surface area (Å²) in [5.74, 6) is 0. The van der Waals surface area contributed by atoms with Crippen LogP contribution in [0.2, 0.25) is 0 Å². The minimum absolute atomic E-state index is 0.534. The molecule has 0 aliphatic heterocycles. The molecule has 0 fully saturated rings. The summed E-state index contributed by atoms with van der Waals surface area (Å²) in [5, 5.41) is 9.58. The van der Waals surface area contributed by atoms with Crippen LogP contribution >= 0.6 is 15.9 Å². The van der Waals surface area contributed by atoms with Gasteiger partial charge in [0.25, 0.3) is 0 Å². The molecule has 1 N–H and O–H groups in total. The van der Waals surface area contributed by atoms with Gasteiger partial charge in [-0.1, -0.05) is 0 Å². The second kappa shape index (κ2) is 5.32. The molecule has 72 valence electrons. The SMILES string of the molecule is COCCC(O)c1ccc(Br)cn1. The van der Waals surface area contributed by atoms with E-state index in [1.807, 2.05) is 6.07 Å². The fourth-order valence-electron chi connectivity index (χ4n) is 0.962. The number of nitrogens with zero attached hydrogens (tertiary/aromatic N) is 1. The van der Waals surface area contributed by atoms with Crippen LogP contribution < -0.4 is 0 Å². The van der Waals surface area contributed by atoms with E-state index in [0.29, 0.717) is 18.7 Å². The van der Waals surface area contributed by atoms with Gasteiger partial charge in [0.15, 0.2) is 0 Å². The smallest absolute Gasteiger partial charge is 0.0981 e. The van der Waals surface area contributed by atoms with Gasteiger partial charge in [-0.15, -0.1) is 0 Å². The van der Waals surface area contributed by atoms with Crippen LogP contribution in [0.25, 0.3) is 0 Å². The molecule has 1 atom stereocenters. The number of pyridine rings is 1. The van der Waals surface area contributed by atoms with Gasteiger partial charge in [-0.05, 0) is 28.1 Å². The molecule has 13 heavy (non-hydrogen) atoms. The molecule has 0 amide bonds. The van der Waals surface area contributed by atoms with E-state index >= 15 is 0 Å². The van der Waals surface area contributed by atoms with Crippen molar-refractivity contribution >= 4 is 15.9 Å². The number of aliphatic hydroxyl groups excluding tert-OH is 1. The van der Waals surface area contributed by atoms with Crippen molar-refractivity contribution in [2.75, 3.05) is 13.7 Å². The van der Waals surface area contributed by atoms with Gasteiger partial charge < -0.3 is 9.84 Å². The molecule has 1 rings (SSSR count). The number of hydrogen-bond acceptors (Lipinski definition) is 3. The van der Waals surface area contributed by atoms with Gasteiger partial charge in [-0.3, -0.25) is 4.98 Å². The van der Waals surface area contributed by atoms with Crippen LogP contribution in [0, 0.1) is 0 Å². The van der Waals surface area contributed by atoms with Crippen LogP contribution in [0.4, 0.5) is 0 Å². The number of hydrogen-bond donors (Lipinski definition) is 1. The van der Waals surface area contributed by atoms with Crippen LogP contribution in [0.15, 0.2) is 22.8 Å². The topological polar surface area (TPSA) is 42.4 Å². The maximum absolute atomic E-state index is 9.58. The van der Waals surface area contributed by atoms with Crippen LogP contribution in [0.3, 0.4) is 0 Å². The van der Waals surface area contributed by atoms with E-state index in [1.54, 1.807) is 19.4 Å². The van der Waals surface area contributed by atoms with E-state index in [2.05, 4.69) is 20.9 Å². The van der Waals surface area contributed by atoms with Gasteiger partial charge in [-0.25, -0.2) is 0 Å². The largest absolute Gasteiger partial charge is 0.387 e. The second-order valence-electron chi connectivity index (χ2n) is 2.70. The first-order chi connectivity index (χ1) is 6.24. The lowest BCUT2D eigenvalue weighted by Crippen LogP contribution is -2.03. The molecular weight excluding hydrogens is 234 g/mol. The Bertz CT molecular complexity index is 250. The quantitative estimate of drug-likeness (QED) is 0.882. The lowest BCUT2D eigenvalue weighted by atomic mass is 10.2. The third-order valence-electron chi connectivity index (χ3n) is 1.69. The molecular formula is C9H12BrNO2. The molecule has 1 aromatic rings. The van der Waals surface area contributed by atoms with E-state index < -0.39 is 6.10 Å². The van der Waals surface area contributed by atoms with Gasteiger partial charge in [0, 0.05) is 30.8 Å². The highest BCUT2D eigenvalue weighted by molar-refractivity contribution is 9.10. The predicted molar refractivity (Wildman–Crippen MR) is 53.4 cm³/mol. The summed E-state index contributed by atoms with van der Waals surface area (Å²) in [6, 6.07) is 3.66. The van der Waals surface area contributed by atoms with Gasteiger partial charge >= 0.3 is 0 Å². The molecule has 0 aromatic carbocycles. The molecule has 1 unspecified atom stereocenters. The van der Waals surface area contributed by atoms with Crippen molar-refractivity contribution in [2.45, 2.75) is 12.5 Å². The highest BCUT2D eigenvalue weighted by Gasteiger charge is 2.07. The predicted octanol–water partition coefficient (Wildman–Crippen LogP) is 1.91. The Morgan fingerprint density at radius 1 is 1.62 bits per heavy atom. The van der Waals surface area contributed by atoms with E-state index in [0.717, 1.165) is 4.47 Å². The molecule has 4 heteroatoms. The molecule has 3 nitrogen and oxygen atoms in total. The van der Waals surface area contributed by atoms with Crippen molar-refractivity contribution < 1.29 is 9.84 Å². The van der Waals surface area contributed by atoms with Crippen molar-refractivity contribution in [1.82, 2.24) is 4.98 Å². The Morgan fingerprint density at radius 2 is 2.38 bits per heavy atom. The standard InChI is InChI=1S/C9H12BrNO2/c1-13-5-4-9(12)8-3-2-7(10)6-11-8/h2-3,6,9,12H,4-5H2,1H3. The molecule has 0 aliphatic carbocycles. The van der Waals surface area contributed by atoms with Crippen molar-refractivity contribution in [3.63, 3.8) is 0 Å². The Balaban J connectivity index is 2.55. The van der Waals surface area contributed by atoms with E-state index in [4.69, 9.17) is 4.74 Å². The van der Waals surface area contributed by atoms with E-state index in [-0.39, 0.29) is 0 Å². The number of aromatic nitrogens is 1. The third-order valence-corrected chi connectivity index (χ3v) is 2.16. The van der Waals surface area contributed by atoms with Gasteiger partial charge in [0.2, 0.25) is 0 Å². The maximum atomic E-state index is 9.58. The highest BCUT2D eigenvalue weighted by atomic mass is 79.9. The van der Waals surface area contributed by atoms with Gasteiger partial charge in [-0.2, -0.15) is 0 Å². The summed E-state index contributed by atoms with van der Waals surface area (Å²) < 4.78 is 5.77. The number of ether oxygens (including phenoxy) is 1. The Hall–Kier alpha value is -0.450. The minimum Gasteiger partial charge on any atom is -0.387 e. The number of aliphatic hydroxyl groups is 1. The molecule has 0 bridgehead atoms. The highest BCUT2D eigenvalue weighted by Crippen LogP contribution is 2.16. The molecule has 0 saturated carbocycles. The number of halogens is 1. The summed E-state index contributed by atoms with van der Waals surface area (Å²) in [7, 11) is 1.61. The minimum atomic E-state index is -0.534. The molecule has 0 aliphatic rings. The summed E-state index contributed by atoms with van der Waals surface area (Å²) in [4.78, 5) is 4.08. The van der Waals surface area contributed by atoms with Gasteiger partial charge in [0.05, 0.1) is 11.8 Å². The van der Waals surface area contributed by atoms with Crippen LogP contribution in [0.1, 0.15) is 18.2 Å². The third kappa shape index (κ3) is 3.42. The Kier molecular flexibility index (Phi) is 4.35. The number of rotatable bonds is 4. The molecule has 0 radical (unpaired) electrons. The lowest BCUT2D eigenvalue weighted by Gasteiger charge is -2.08. The van der Waals surface area contributed by atoms with Crippen LogP contribution in [0.5, 0.6) is 0 Å². The van der Waals surface area contributed by atoms with Crippen molar-refractivity contribution in [3.8, 4) is 0 Å². The number of methoxy groups -OCH3 is 1. The summed E-state index contributed by atoms with van der Waals surface area (Å²) in [6.45, 7) is 0.541. The second-order valence-corrected chi connectivity index (χ2v) is 3.61. The normalized spacial score (nSPS) is 12.8. The van der Waals surface area contributed by atoms with E-state index in [1.165, 1.54) is 0 Å². The van der Waals surface area contributed by atoms with Gasteiger partial charge in [0.1, 0.15) is 0 Å². The zero-order chi connectivity index (χ0) is 9.68. The van der Waals surface area contributed by atoms with Crippen LogP contribution in [-0.2, 0) is 4.74 Å². The molecule has 0 spiro atoms. The van der Waals surface area contributed by atoms with Crippen molar-refractivity contribution in [1.29, 1.82) is 0 Å². The average Bonchev–Trinajstić information content (AvgIpc) is 2.15. The summed E-state index contributed by atoms with van der Waals surface area (Å²) in [6.07, 6.45) is 1.71. The van der Waals surface area contributed by atoms with Crippen molar-refractivity contribution in [3.05, 3.63) is 28.5 Å². The first-order valence-corrected chi connectivity index (χ1v) is 4.82. The van der Waals surface area contributed by atoms with E-state index in [9.17, 15) is 5.11 Å². The van der Waals surface area contributed by atoms with Crippen LogP contribution in [-0.4, -0.2) is 23.8 Å². The molecule has 1 heterocycles. The monoisotopic (exact) mass is 245 g/mol. The first kappa shape index (κ1) is 10.6. The zero-order valence-electron chi connectivity index (χ0n) is 7.40. The van der Waals surface area contributed by atoms with Crippen molar-refractivity contribution in [2.24, 2.45) is 0 Å². The average molecular weight is 246 g/mol. The molecule has 0 saturated heterocycles. The Morgan fingerprint density at radius 3 is 2.92 bits per heavy atom. The Labute approximate surface area is 85.9 Å². The maximum Gasteiger partial charge on any atom is 0.0981 e. The summed E-state index contributed by atoms with van der Waals surface area (Å²) in [5.41, 5.74) is 0.681. The molecule has 1 aromatic heterocycles. The first-order valence-electron chi connectivity index (χ1n) is 4.02.